The van der Waals surface area contributed by atoms with Gasteiger partial charge in [0.05, 0.1) is 6.33 Å². The number of sulfonamides is 1. The Morgan fingerprint density at radius 2 is 2.17 bits per heavy atom. The first-order chi connectivity index (χ1) is 11.6. The number of hydrogen-bond acceptors (Lipinski definition) is 4. The van der Waals surface area contributed by atoms with Crippen molar-refractivity contribution in [3.05, 3.63) is 30.7 Å². The molecule has 2 aromatic heterocycles. The highest BCUT2D eigenvalue weighted by Crippen LogP contribution is 2.30. The predicted octanol–water partition coefficient (Wildman–Crippen LogP) is 1.83. The number of aromatic nitrogens is 4. The summed E-state index contributed by atoms with van der Waals surface area (Å²) < 4.78 is 31.9. The van der Waals surface area contributed by atoms with Gasteiger partial charge in [-0.3, -0.25) is 0 Å². The van der Waals surface area contributed by atoms with Crippen LogP contribution in [0.15, 0.2) is 29.9 Å². The van der Waals surface area contributed by atoms with Crippen molar-refractivity contribution in [3.8, 4) is 0 Å². The second-order valence-corrected chi connectivity index (χ2v) is 8.65. The first-order valence-corrected chi connectivity index (χ1v) is 10.0. The second kappa shape index (κ2) is 6.00. The molecule has 24 heavy (non-hydrogen) atoms. The number of hydrogen-bond donors (Lipinski definition) is 0. The number of nitrogens with zero attached hydrogens (tertiary/aromatic N) is 5. The molecule has 4 heterocycles. The van der Waals surface area contributed by atoms with Gasteiger partial charge in [-0.25, -0.2) is 18.4 Å². The maximum atomic E-state index is 13.1. The van der Waals surface area contributed by atoms with Crippen molar-refractivity contribution >= 4 is 10.0 Å². The van der Waals surface area contributed by atoms with Crippen LogP contribution in [-0.4, -0.2) is 44.4 Å². The molecule has 2 aliphatic heterocycles. The maximum absolute atomic E-state index is 13.1. The lowest BCUT2D eigenvalue weighted by Crippen LogP contribution is -2.38. The molecular formula is C16H23N5O2S. The van der Waals surface area contributed by atoms with E-state index in [1.807, 2.05) is 15.3 Å². The minimum Gasteiger partial charge on any atom is -0.336 e. The Hall–Kier alpha value is -1.67. The minimum absolute atomic E-state index is 0.0275. The lowest BCUT2D eigenvalue weighted by molar-refractivity contribution is 0.351. The third kappa shape index (κ3) is 2.67. The molecule has 2 unspecified atom stereocenters. The van der Waals surface area contributed by atoms with Crippen LogP contribution in [0.3, 0.4) is 0 Å². The number of fused-ring (bicyclic) bond motifs is 1. The van der Waals surface area contributed by atoms with Crippen LogP contribution in [-0.2, 0) is 23.0 Å². The predicted molar refractivity (Wildman–Crippen MR) is 89.0 cm³/mol. The van der Waals surface area contributed by atoms with Gasteiger partial charge in [-0.1, -0.05) is 0 Å². The van der Waals surface area contributed by atoms with Gasteiger partial charge >= 0.3 is 0 Å². The molecule has 0 aliphatic carbocycles. The fourth-order valence-corrected chi connectivity index (χ4v) is 5.50. The Morgan fingerprint density at radius 1 is 1.29 bits per heavy atom. The maximum Gasteiger partial charge on any atom is 0.262 e. The summed E-state index contributed by atoms with van der Waals surface area (Å²) >= 11 is 0. The summed E-state index contributed by atoms with van der Waals surface area (Å²) in [5.41, 5.74) is 0. The molecule has 2 aromatic rings. The standard InChI is InChI=1S/C16H23N5O2S/c1-13-4-2-6-15-18-16(11-20(13)15)24(22,23)21-8-3-5-14(21)10-19-9-7-17-12-19/h7,9,11-14H,2-6,8,10H2,1H3. The molecule has 2 aliphatic rings. The monoisotopic (exact) mass is 349 g/mol. The second-order valence-electron chi connectivity index (χ2n) is 6.82. The molecule has 0 N–H and O–H groups in total. The average molecular weight is 349 g/mol. The van der Waals surface area contributed by atoms with Gasteiger partial charge in [0.15, 0.2) is 5.03 Å². The first-order valence-electron chi connectivity index (χ1n) is 8.61. The van der Waals surface area contributed by atoms with E-state index in [0.29, 0.717) is 19.1 Å². The van der Waals surface area contributed by atoms with Crippen LogP contribution in [0.25, 0.3) is 0 Å². The summed E-state index contributed by atoms with van der Waals surface area (Å²) in [6.07, 6.45) is 11.8. The van der Waals surface area contributed by atoms with E-state index in [1.54, 1.807) is 23.0 Å². The molecule has 1 fully saturated rings. The van der Waals surface area contributed by atoms with E-state index in [2.05, 4.69) is 16.9 Å². The summed E-state index contributed by atoms with van der Waals surface area (Å²) in [6.45, 7) is 3.33. The van der Waals surface area contributed by atoms with Gasteiger partial charge in [-0.2, -0.15) is 4.31 Å². The molecule has 130 valence electrons. The van der Waals surface area contributed by atoms with Crippen LogP contribution < -0.4 is 0 Å². The van der Waals surface area contributed by atoms with E-state index < -0.39 is 10.0 Å². The fourth-order valence-electron chi connectivity index (χ4n) is 3.86. The normalized spacial score (nSPS) is 25.0. The summed E-state index contributed by atoms with van der Waals surface area (Å²) in [5.74, 6) is 0.901. The molecular weight excluding hydrogens is 326 g/mol. The van der Waals surface area contributed by atoms with Gasteiger partial charge in [0.1, 0.15) is 5.82 Å². The van der Waals surface area contributed by atoms with Crippen molar-refractivity contribution in [2.45, 2.75) is 62.7 Å². The van der Waals surface area contributed by atoms with Crippen molar-refractivity contribution in [2.24, 2.45) is 0 Å². The third-order valence-corrected chi connectivity index (χ3v) is 6.98. The largest absolute Gasteiger partial charge is 0.336 e. The van der Waals surface area contributed by atoms with Crippen LogP contribution in [0, 0.1) is 0 Å². The highest BCUT2D eigenvalue weighted by atomic mass is 32.2. The SMILES string of the molecule is CC1CCCc2nc(S(=O)(=O)N3CCCC3Cn3ccnc3)cn21. The van der Waals surface area contributed by atoms with E-state index in [-0.39, 0.29) is 11.1 Å². The van der Waals surface area contributed by atoms with Gasteiger partial charge < -0.3 is 9.13 Å². The summed E-state index contributed by atoms with van der Waals surface area (Å²) in [6, 6.07) is 0.297. The summed E-state index contributed by atoms with van der Waals surface area (Å²) in [5, 5.41) is 0.212. The van der Waals surface area contributed by atoms with Gasteiger partial charge in [-0.05, 0) is 32.6 Å². The number of rotatable bonds is 4. The topological polar surface area (TPSA) is 73.0 Å². The molecule has 0 radical (unpaired) electrons. The quantitative estimate of drug-likeness (QED) is 0.844. The molecule has 0 amide bonds. The molecule has 1 saturated heterocycles. The van der Waals surface area contributed by atoms with Crippen molar-refractivity contribution < 1.29 is 8.42 Å². The number of aryl methyl sites for hydroxylation is 1. The third-order valence-electron chi connectivity index (χ3n) is 5.16. The van der Waals surface area contributed by atoms with Crippen LogP contribution in [0.5, 0.6) is 0 Å². The van der Waals surface area contributed by atoms with E-state index in [1.165, 1.54) is 0 Å². The smallest absolute Gasteiger partial charge is 0.262 e. The fraction of sp³-hybridized carbons (Fsp3) is 0.625. The molecule has 4 rings (SSSR count). The Balaban J connectivity index is 1.62. The molecule has 0 spiro atoms. The Morgan fingerprint density at radius 3 is 2.92 bits per heavy atom. The first kappa shape index (κ1) is 15.8. The highest BCUT2D eigenvalue weighted by molar-refractivity contribution is 7.89. The molecule has 8 heteroatoms. The molecule has 2 atom stereocenters. The van der Waals surface area contributed by atoms with E-state index >= 15 is 0 Å². The lowest BCUT2D eigenvalue weighted by atomic mass is 10.1. The molecule has 0 aromatic carbocycles. The van der Waals surface area contributed by atoms with Crippen LogP contribution in [0.2, 0.25) is 0 Å². The molecule has 0 bridgehead atoms. The van der Waals surface area contributed by atoms with Crippen molar-refractivity contribution in [3.63, 3.8) is 0 Å². The van der Waals surface area contributed by atoms with Gasteiger partial charge in [0.2, 0.25) is 0 Å². The van der Waals surface area contributed by atoms with E-state index in [0.717, 1.165) is 37.9 Å². The van der Waals surface area contributed by atoms with Crippen molar-refractivity contribution in [2.75, 3.05) is 6.54 Å². The summed E-state index contributed by atoms with van der Waals surface area (Å²) in [4.78, 5) is 8.50. The van der Waals surface area contributed by atoms with Crippen LogP contribution in [0.4, 0.5) is 0 Å². The van der Waals surface area contributed by atoms with Crippen molar-refractivity contribution in [1.29, 1.82) is 0 Å². The van der Waals surface area contributed by atoms with Crippen LogP contribution in [0.1, 0.15) is 44.5 Å². The average Bonchev–Trinajstić information content (AvgIpc) is 3.27. The lowest BCUT2D eigenvalue weighted by Gasteiger charge is -2.23. The van der Waals surface area contributed by atoms with E-state index in [9.17, 15) is 8.42 Å². The minimum atomic E-state index is -3.54. The number of imidazole rings is 2. The van der Waals surface area contributed by atoms with E-state index in [4.69, 9.17) is 0 Å². The molecule has 0 saturated carbocycles. The zero-order valence-corrected chi connectivity index (χ0v) is 14.7. The zero-order chi connectivity index (χ0) is 16.7. The van der Waals surface area contributed by atoms with Gasteiger partial charge in [-0.15, -0.1) is 0 Å². The highest BCUT2D eigenvalue weighted by Gasteiger charge is 2.37. The van der Waals surface area contributed by atoms with Gasteiger partial charge in [0, 0.05) is 50.2 Å². The summed E-state index contributed by atoms with van der Waals surface area (Å²) in [7, 11) is -3.54. The Bertz CT molecular complexity index is 812. The van der Waals surface area contributed by atoms with Crippen molar-refractivity contribution in [1.82, 2.24) is 23.4 Å². The Kier molecular flexibility index (Phi) is 3.96. The molecule has 7 nitrogen and oxygen atoms in total. The zero-order valence-electron chi connectivity index (χ0n) is 13.9. The van der Waals surface area contributed by atoms with Crippen LogP contribution >= 0.6 is 0 Å². The Labute approximate surface area is 142 Å². The van der Waals surface area contributed by atoms with Gasteiger partial charge in [0.25, 0.3) is 10.0 Å².